The number of rotatable bonds is 2. The summed E-state index contributed by atoms with van der Waals surface area (Å²) in [5, 5.41) is 2.75. The van der Waals surface area contributed by atoms with Crippen LogP contribution in [0.25, 0.3) is 0 Å². The van der Waals surface area contributed by atoms with Gasteiger partial charge in [0, 0.05) is 17.3 Å². The van der Waals surface area contributed by atoms with Gasteiger partial charge in [0.2, 0.25) is 0 Å². The Morgan fingerprint density at radius 3 is 2.56 bits per heavy atom. The maximum absolute atomic E-state index is 11.9. The van der Waals surface area contributed by atoms with Crippen molar-refractivity contribution in [2.75, 3.05) is 17.2 Å². The third-order valence-electron chi connectivity index (χ3n) is 2.97. The van der Waals surface area contributed by atoms with Gasteiger partial charge in [0.05, 0.1) is 11.5 Å². The molecule has 0 radical (unpaired) electrons. The number of carbonyl (C=O) groups excluding carboxylic acids is 1. The summed E-state index contributed by atoms with van der Waals surface area (Å²) < 4.78 is 22.9. The number of nitrogens with two attached hydrogens (primary N) is 1. The van der Waals surface area contributed by atoms with Crippen LogP contribution < -0.4 is 11.1 Å². The van der Waals surface area contributed by atoms with Crippen molar-refractivity contribution in [2.45, 2.75) is 18.9 Å². The number of amides is 1. The molecule has 6 heteroatoms. The summed E-state index contributed by atoms with van der Waals surface area (Å²) in [7, 11) is -3.00. The lowest BCUT2D eigenvalue weighted by atomic mass is 10.1. The second kappa shape index (κ2) is 4.97. The second-order valence-electron chi connectivity index (χ2n) is 4.55. The van der Waals surface area contributed by atoms with Gasteiger partial charge in [-0.25, -0.2) is 8.42 Å². The number of nitrogens with one attached hydrogen (secondary N) is 1. The summed E-state index contributed by atoms with van der Waals surface area (Å²) in [5.41, 5.74) is 6.62. The van der Waals surface area contributed by atoms with Gasteiger partial charge in [-0.1, -0.05) is 0 Å². The van der Waals surface area contributed by atoms with E-state index in [1.165, 1.54) is 0 Å². The fourth-order valence-electron chi connectivity index (χ4n) is 2.04. The Hall–Kier alpha value is -1.56. The van der Waals surface area contributed by atoms with E-state index in [1.54, 1.807) is 24.3 Å². The molecule has 98 valence electrons. The molecule has 1 aliphatic heterocycles. The van der Waals surface area contributed by atoms with Crippen LogP contribution in [-0.2, 0) is 9.84 Å². The number of nitrogen functional groups attached to an aromatic ring is 1. The monoisotopic (exact) mass is 268 g/mol. The fraction of sp³-hybridized carbons (Fsp3) is 0.417. The standard InChI is InChI=1S/C12H16N2O3S/c13-10-5-3-9(4-6-10)12(15)14-11-2-1-7-18(16,17)8-11/h3-6,11H,1-2,7-8,13H2,(H,14,15). The van der Waals surface area contributed by atoms with E-state index < -0.39 is 9.84 Å². The third kappa shape index (κ3) is 3.22. The zero-order valence-electron chi connectivity index (χ0n) is 9.93. The maximum atomic E-state index is 11.9. The molecule has 1 aromatic carbocycles. The summed E-state index contributed by atoms with van der Waals surface area (Å²) in [6.07, 6.45) is 1.31. The van der Waals surface area contributed by atoms with Gasteiger partial charge in [-0.05, 0) is 37.1 Å². The van der Waals surface area contributed by atoms with Crippen LogP contribution in [0.4, 0.5) is 5.69 Å². The molecule has 1 saturated heterocycles. The van der Waals surface area contributed by atoms with Crippen molar-refractivity contribution < 1.29 is 13.2 Å². The van der Waals surface area contributed by atoms with E-state index >= 15 is 0 Å². The molecule has 1 atom stereocenters. The summed E-state index contributed by atoms with van der Waals surface area (Å²) in [6.45, 7) is 0. The van der Waals surface area contributed by atoms with E-state index in [4.69, 9.17) is 5.73 Å². The summed E-state index contributed by atoms with van der Waals surface area (Å²) in [5.74, 6) is 0.00620. The van der Waals surface area contributed by atoms with Crippen LogP contribution in [0.2, 0.25) is 0 Å². The first-order valence-corrected chi connectivity index (χ1v) is 7.65. The molecule has 0 saturated carbocycles. The van der Waals surface area contributed by atoms with E-state index in [2.05, 4.69) is 5.32 Å². The van der Waals surface area contributed by atoms with Crippen molar-refractivity contribution in [3.8, 4) is 0 Å². The normalized spacial score (nSPS) is 22.3. The lowest BCUT2D eigenvalue weighted by Gasteiger charge is -2.23. The minimum Gasteiger partial charge on any atom is -0.399 e. The quantitative estimate of drug-likeness (QED) is 0.768. The predicted octanol–water partition coefficient (Wildman–Crippen LogP) is 0.576. The molecule has 1 fully saturated rings. The zero-order chi connectivity index (χ0) is 13.2. The van der Waals surface area contributed by atoms with Crippen LogP contribution >= 0.6 is 0 Å². The average molecular weight is 268 g/mol. The smallest absolute Gasteiger partial charge is 0.251 e. The molecule has 0 aromatic heterocycles. The Bertz CT molecular complexity index is 537. The Labute approximate surface area is 106 Å². The Balaban J connectivity index is 2.01. The van der Waals surface area contributed by atoms with Crippen molar-refractivity contribution in [3.63, 3.8) is 0 Å². The van der Waals surface area contributed by atoms with Gasteiger partial charge in [-0.3, -0.25) is 4.79 Å². The number of sulfone groups is 1. The molecular weight excluding hydrogens is 252 g/mol. The highest BCUT2D eigenvalue weighted by Gasteiger charge is 2.25. The molecule has 1 unspecified atom stereocenters. The van der Waals surface area contributed by atoms with Gasteiger partial charge in [0.1, 0.15) is 0 Å². The SMILES string of the molecule is Nc1ccc(C(=O)NC2CCCS(=O)(=O)C2)cc1. The minimum atomic E-state index is -3.00. The highest BCUT2D eigenvalue weighted by molar-refractivity contribution is 7.91. The minimum absolute atomic E-state index is 0.0354. The molecule has 5 nitrogen and oxygen atoms in total. The van der Waals surface area contributed by atoms with E-state index in [1.807, 2.05) is 0 Å². The Kier molecular flexibility index (Phi) is 3.56. The fourth-order valence-corrected chi connectivity index (χ4v) is 3.68. The van der Waals surface area contributed by atoms with Crippen LogP contribution in [0.5, 0.6) is 0 Å². The maximum Gasteiger partial charge on any atom is 0.251 e. The summed E-state index contributed by atoms with van der Waals surface area (Å²) in [4.78, 5) is 11.9. The van der Waals surface area contributed by atoms with Gasteiger partial charge in [0.25, 0.3) is 5.91 Å². The first-order valence-electron chi connectivity index (χ1n) is 5.83. The molecule has 1 amide bonds. The lowest BCUT2D eigenvalue weighted by Crippen LogP contribution is -2.43. The first-order chi connectivity index (χ1) is 8.46. The van der Waals surface area contributed by atoms with Crippen molar-refractivity contribution in [1.82, 2.24) is 5.32 Å². The molecule has 0 aliphatic carbocycles. The molecule has 2 rings (SSSR count). The molecule has 1 heterocycles. The van der Waals surface area contributed by atoms with Crippen LogP contribution in [-0.4, -0.2) is 31.9 Å². The molecule has 1 aromatic rings. The number of anilines is 1. The highest BCUT2D eigenvalue weighted by Crippen LogP contribution is 2.13. The predicted molar refractivity (Wildman–Crippen MR) is 70.0 cm³/mol. The first kappa shape index (κ1) is 12.9. The highest BCUT2D eigenvalue weighted by atomic mass is 32.2. The van der Waals surface area contributed by atoms with Crippen LogP contribution in [0.1, 0.15) is 23.2 Å². The topological polar surface area (TPSA) is 89.3 Å². The van der Waals surface area contributed by atoms with Crippen LogP contribution in [0.15, 0.2) is 24.3 Å². The van der Waals surface area contributed by atoms with Crippen LogP contribution in [0, 0.1) is 0 Å². The largest absolute Gasteiger partial charge is 0.399 e. The second-order valence-corrected chi connectivity index (χ2v) is 6.78. The van der Waals surface area contributed by atoms with E-state index in [9.17, 15) is 13.2 Å². The van der Waals surface area contributed by atoms with Gasteiger partial charge in [-0.15, -0.1) is 0 Å². The van der Waals surface area contributed by atoms with Crippen molar-refractivity contribution in [1.29, 1.82) is 0 Å². The van der Waals surface area contributed by atoms with Gasteiger partial charge >= 0.3 is 0 Å². The van der Waals surface area contributed by atoms with Crippen molar-refractivity contribution in [2.24, 2.45) is 0 Å². The van der Waals surface area contributed by atoms with Crippen LogP contribution in [0.3, 0.4) is 0 Å². The summed E-state index contributed by atoms with van der Waals surface area (Å²) in [6, 6.07) is 6.26. The number of benzene rings is 1. The van der Waals surface area contributed by atoms with Gasteiger partial charge < -0.3 is 11.1 Å². The Morgan fingerprint density at radius 2 is 1.94 bits per heavy atom. The number of carbonyl (C=O) groups is 1. The number of hydrogen-bond donors (Lipinski definition) is 2. The molecule has 0 bridgehead atoms. The van der Waals surface area contributed by atoms with E-state index in [-0.39, 0.29) is 23.5 Å². The van der Waals surface area contributed by atoms with Gasteiger partial charge in [-0.2, -0.15) is 0 Å². The average Bonchev–Trinajstić information content (AvgIpc) is 2.28. The Morgan fingerprint density at radius 1 is 1.28 bits per heavy atom. The lowest BCUT2D eigenvalue weighted by molar-refractivity contribution is 0.0938. The molecular formula is C12H16N2O3S. The molecule has 18 heavy (non-hydrogen) atoms. The zero-order valence-corrected chi connectivity index (χ0v) is 10.7. The van der Waals surface area contributed by atoms with E-state index in [0.717, 1.165) is 0 Å². The third-order valence-corrected chi connectivity index (χ3v) is 4.79. The molecule has 0 spiro atoms. The van der Waals surface area contributed by atoms with E-state index in [0.29, 0.717) is 24.1 Å². The molecule has 3 N–H and O–H groups in total. The number of hydrogen-bond acceptors (Lipinski definition) is 4. The van der Waals surface area contributed by atoms with Crippen molar-refractivity contribution in [3.05, 3.63) is 29.8 Å². The summed E-state index contributed by atoms with van der Waals surface area (Å²) >= 11 is 0. The van der Waals surface area contributed by atoms with Gasteiger partial charge in [0.15, 0.2) is 9.84 Å². The van der Waals surface area contributed by atoms with Crippen molar-refractivity contribution >= 4 is 21.4 Å². The molecule has 1 aliphatic rings.